The molecule has 7 nitrogen and oxygen atoms in total. The van der Waals surface area contributed by atoms with Crippen molar-refractivity contribution in [3.05, 3.63) is 80.1 Å². The zero-order valence-corrected chi connectivity index (χ0v) is 18.0. The number of rotatable bonds is 6. The van der Waals surface area contributed by atoms with Gasteiger partial charge in [0.1, 0.15) is 11.4 Å². The van der Waals surface area contributed by atoms with Crippen LogP contribution in [0.4, 0.5) is 24.5 Å². The number of benzene rings is 2. The van der Waals surface area contributed by atoms with Crippen molar-refractivity contribution >= 4 is 29.2 Å². The van der Waals surface area contributed by atoms with Gasteiger partial charge >= 0.3 is 6.18 Å². The molecule has 0 atom stereocenters. The Kier molecular flexibility index (Phi) is 6.45. The lowest BCUT2D eigenvalue weighted by Crippen LogP contribution is -2.06. The number of hydrogen-bond acceptors (Lipinski definition) is 5. The maximum absolute atomic E-state index is 12.8. The topological polar surface area (TPSA) is 81.7 Å². The van der Waals surface area contributed by atoms with Crippen LogP contribution in [0.3, 0.4) is 0 Å². The molecule has 2 aromatic carbocycles. The van der Waals surface area contributed by atoms with Gasteiger partial charge < -0.3 is 9.30 Å². The van der Waals surface area contributed by atoms with E-state index in [0.29, 0.717) is 22.4 Å². The third-order valence-electron chi connectivity index (χ3n) is 4.76. The lowest BCUT2D eigenvalue weighted by Gasteiger charge is -2.14. The van der Waals surface area contributed by atoms with E-state index in [9.17, 15) is 23.3 Å². The number of hydrazone groups is 1. The van der Waals surface area contributed by atoms with E-state index in [0.717, 1.165) is 29.2 Å². The number of halogens is 4. The first kappa shape index (κ1) is 23.1. The van der Waals surface area contributed by atoms with Crippen LogP contribution in [0.25, 0.3) is 5.69 Å². The van der Waals surface area contributed by atoms with E-state index in [1.165, 1.54) is 6.21 Å². The van der Waals surface area contributed by atoms with Crippen molar-refractivity contribution in [2.45, 2.75) is 20.0 Å². The fourth-order valence-electron chi connectivity index (χ4n) is 3.25. The quantitative estimate of drug-likeness (QED) is 0.269. The minimum atomic E-state index is -4.69. The Balaban J connectivity index is 1.92. The fourth-order valence-corrected chi connectivity index (χ4v) is 3.42. The number of hydrogen-bond donors (Lipinski definition) is 1. The smallest absolute Gasteiger partial charge is 0.416 e. The molecule has 168 valence electrons. The number of aromatic nitrogens is 1. The SMILES string of the molecule is COc1ccc(Cl)cc1-n1c(C)cc(/C=N\Nc2ccc(C(F)(F)F)cc2[N+](=O)[O-])c1C. The summed E-state index contributed by atoms with van der Waals surface area (Å²) in [6.07, 6.45) is -3.26. The van der Waals surface area contributed by atoms with Gasteiger partial charge in [-0.1, -0.05) is 11.6 Å². The van der Waals surface area contributed by atoms with Gasteiger partial charge in [-0.15, -0.1) is 0 Å². The van der Waals surface area contributed by atoms with Crippen LogP contribution in [-0.4, -0.2) is 22.8 Å². The van der Waals surface area contributed by atoms with E-state index in [1.54, 1.807) is 25.3 Å². The van der Waals surface area contributed by atoms with Gasteiger partial charge in [-0.25, -0.2) is 0 Å². The number of methoxy groups -OCH3 is 1. The molecule has 0 aliphatic heterocycles. The minimum Gasteiger partial charge on any atom is -0.495 e. The molecule has 0 unspecified atom stereocenters. The molecule has 0 amide bonds. The summed E-state index contributed by atoms with van der Waals surface area (Å²) in [5, 5.41) is 15.7. The van der Waals surface area contributed by atoms with Crippen molar-refractivity contribution < 1.29 is 22.8 Å². The van der Waals surface area contributed by atoms with Crippen molar-refractivity contribution in [1.82, 2.24) is 4.57 Å². The predicted molar refractivity (Wildman–Crippen MR) is 116 cm³/mol. The second-order valence-electron chi connectivity index (χ2n) is 6.83. The van der Waals surface area contributed by atoms with E-state index in [2.05, 4.69) is 10.5 Å². The Morgan fingerprint density at radius 2 is 1.91 bits per heavy atom. The van der Waals surface area contributed by atoms with E-state index in [4.69, 9.17) is 16.3 Å². The Hall–Kier alpha value is -3.53. The summed E-state index contributed by atoms with van der Waals surface area (Å²) in [4.78, 5) is 10.3. The number of ether oxygens (including phenoxy) is 1. The summed E-state index contributed by atoms with van der Waals surface area (Å²) in [6.45, 7) is 3.72. The van der Waals surface area contributed by atoms with Crippen LogP contribution in [0.15, 0.2) is 47.6 Å². The van der Waals surface area contributed by atoms with Crippen LogP contribution in [0.5, 0.6) is 5.75 Å². The van der Waals surface area contributed by atoms with E-state index in [-0.39, 0.29) is 5.69 Å². The van der Waals surface area contributed by atoms with E-state index in [1.807, 2.05) is 24.5 Å². The Morgan fingerprint density at radius 3 is 2.53 bits per heavy atom. The van der Waals surface area contributed by atoms with Gasteiger partial charge in [0, 0.05) is 28.0 Å². The maximum atomic E-state index is 12.8. The molecular formula is C21H18ClF3N4O3. The molecular weight excluding hydrogens is 449 g/mol. The highest BCUT2D eigenvalue weighted by Crippen LogP contribution is 2.35. The van der Waals surface area contributed by atoms with Crippen LogP contribution < -0.4 is 10.2 Å². The normalized spacial score (nSPS) is 11.7. The van der Waals surface area contributed by atoms with Crippen LogP contribution in [0.1, 0.15) is 22.5 Å². The summed E-state index contributed by atoms with van der Waals surface area (Å²) in [7, 11) is 1.55. The molecule has 3 aromatic rings. The molecule has 1 aromatic heterocycles. The van der Waals surface area contributed by atoms with Crippen molar-refractivity contribution in [1.29, 1.82) is 0 Å². The molecule has 3 rings (SSSR count). The third-order valence-corrected chi connectivity index (χ3v) is 5.00. The molecule has 0 aliphatic carbocycles. The van der Waals surface area contributed by atoms with Crippen molar-refractivity contribution in [2.75, 3.05) is 12.5 Å². The molecule has 1 heterocycles. The highest BCUT2D eigenvalue weighted by atomic mass is 35.5. The first-order valence-electron chi connectivity index (χ1n) is 9.20. The number of nitrogens with zero attached hydrogens (tertiary/aromatic N) is 3. The maximum Gasteiger partial charge on any atom is 0.416 e. The molecule has 1 N–H and O–H groups in total. The summed E-state index contributed by atoms with van der Waals surface area (Å²) in [5.74, 6) is 0.609. The number of nitro benzene ring substituents is 1. The molecule has 32 heavy (non-hydrogen) atoms. The molecule has 11 heteroatoms. The number of nitrogens with one attached hydrogen (secondary N) is 1. The van der Waals surface area contributed by atoms with Crippen molar-refractivity contribution in [2.24, 2.45) is 5.10 Å². The fraction of sp³-hybridized carbons (Fsp3) is 0.190. The Bertz CT molecular complexity index is 1210. The van der Waals surface area contributed by atoms with Gasteiger partial charge in [-0.2, -0.15) is 18.3 Å². The van der Waals surface area contributed by atoms with Crippen LogP contribution in [0, 0.1) is 24.0 Å². The predicted octanol–water partition coefficient (Wildman–Crippen LogP) is 6.13. The van der Waals surface area contributed by atoms with Crippen LogP contribution in [-0.2, 0) is 6.18 Å². The zero-order chi connectivity index (χ0) is 23.6. The Morgan fingerprint density at radius 1 is 1.19 bits per heavy atom. The number of aryl methyl sites for hydroxylation is 1. The monoisotopic (exact) mass is 466 g/mol. The number of nitro groups is 1. The van der Waals surface area contributed by atoms with Gasteiger partial charge in [0.05, 0.1) is 29.5 Å². The van der Waals surface area contributed by atoms with Gasteiger partial charge in [-0.3, -0.25) is 15.5 Å². The molecule has 0 saturated heterocycles. The second-order valence-corrected chi connectivity index (χ2v) is 7.27. The third kappa shape index (κ3) is 4.70. The molecule has 0 radical (unpaired) electrons. The summed E-state index contributed by atoms with van der Waals surface area (Å²) >= 11 is 6.14. The van der Waals surface area contributed by atoms with Gasteiger partial charge in [0.2, 0.25) is 0 Å². The molecule has 0 aliphatic rings. The minimum absolute atomic E-state index is 0.162. The number of anilines is 1. The number of alkyl halides is 3. The average Bonchev–Trinajstić information content (AvgIpc) is 3.00. The van der Waals surface area contributed by atoms with Gasteiger partial charge in [0.15, 0.2) is 0 Å². The molecule has 0 fully saturated rings. The lowest BCUT2D eigenvalue weighted by atomic mass is 10.1. The summed E-state index contributed by atoms with van der Waals surface area (Å²) in [5.41, 5.74) is 3.50. The van der Waals surface area contributed by atoms with Crippen molar-refractivity contribution in [3.8, 4) is 11.4 Å². The average molecular weight is 467 g/mol. The zero-order valence-electron chi connectivity index (χ0n) is 17.2. The Labute approximate surface area is 186 Å². The highest BCUT2D eigenvalue weighted by molar-refractivity contribution is 6.30. The first-order chi connectivity index (χ1) is 15.0. The van der Waals surface area contributed by atoms with Gasteiger partial charge in [-0.05, 0) is 50.2 Å². The summed E-state index contributed by atoms with van der Waals surface area (Å²) < 4.78 is 45.9. The molecule has 0 saturated carbocycles. The lowest BCUT2D eigenvalue weighted by molar-refractivity contribution is -0.384. The van der Waals surface area contributed by atoms with Crippen molar-refractivity contribution in [3.63, 3.8) is 0 Å². The molecule has 0 spiro atoms. The van der Waals surface area contributed by atoms with Crippen LogP contribution >= 0.6 is 11.6 Å². The largest absolute Gasteiger partial charge is 0.495 e. The first-order valence-corrected chi connectivity index (χ1v) is 9.58. The second kappa shape index (κ2) is 8.91. The van der Waals surface area contributed by atoms with E-state index >= 15 is 0 Å². The van der Waals surface area contributed by atoms with Gasteiger partial charge in [0.25, 0.3) is 5.69 Å². The standard InChI is InChI=1S/C21H18ClF3N4O3/c1-12-8-14(13(2)28(12)19-10-16(22)5-7-20(19)32-3)11-26-27-17-6-4-15(21(23,24)25)9-18(17)29(30)31/h4-11,27H,1-3H3/b26-11-. The highest BCUT2D eigenvalue weighted by Gasteiger charge is 2.33. The summed E-state index contributed by atoms with van der Waals surface area (Å²) in [6, 6.07) is 9.24. The molecule has 0 bridgehead atoms. The van der Waals surface area contributed by atoms with E-state index < -0.39 is 22.4 Å². The van der Waals surface area contributed by atoms with Crippen LogP contribution in [0.2, 0.25) is 5.02 Å².